The molecule has 14 heteroatoms. The van der Waals surface area contributed by atoms with Gasteiger partial charge in [0, 0.05) is 5.56 Å². The first-order valence-electron chi connectivity index (χ1n) is 16.9. The molecular formula is C37H42ClN5O7S. The number of rotatable bonds is 19. The summed E-state index contributed by atoms with van der Waals surface area (Å²) in [6.45, 7) is 4.20. The zero-order chi connectivity index (χ0) is 36.8. The summed E-state index contributed by atoms with van der Waals surface area (Å²) in [6.07, 6.45) is 6.71. The van der Waals surface area contributed by atoms with Gasteiger partial charge in [0.25, 0.3) is 5.91 Å². The van der Waals surface area contributed by atoms with Gasteiger partial charge >= 0.3 is 12.1 Å². The van der Waals surface area contributed by atoms with Gasteiger partial charge in [-0.2, -0.15) is 4.68 Å². The standard InChI is InChI=1S/C37H42ClN5O7S/c1-4-6-8-9-13-20-31(19-7-5-2)50-36(48)42(28-16-11-10-12-17-28)34(47)37(38,32(44)26-21-23-30(49-3)24-22-26)51-35-39-40-41-43(35)29-18-14-15-27(25-29)33(45)46/h10-12,14-18,21-25,31H,4-9,13,19-20H2,1-3H3,(H,45,46). The van der Waals surface area contributed by atoms with Gasteiger partial charge in [-0.15, -0.1) is 5.10 Å². The first-order valence-corrected chi connectivity index (χ1v) is 18.1. The van der Waals surface area contributed by atoms with Crippen molar-refractivity contribution in [1.29, 1.82) is 0 Å². The molecular weight excluding hydrogens is 694 g/mol. The summed E-state index contributed by atoms with van der Waals surface area (Å²) >= 11 is 7.72. The number of thioether (sulfide) groups is 1. The number of nitrogens with zero attached hydrogens (tertiary/aromatic N) is 5. The van der Waals surface area contributed by atoms with Crippen molar-refractivity contribution in [2.24, 2.45) is 0 Å². The fourth-order valence-corrected chi connectivity index (χ4v) is 6.65. The first kappa shape index (κ1) is 39.0. The Labute approximate surface area is 306 Å². The van der Waals surface area contributed by atoms with Crippen LogP contribution in [0.5, 0.6) is 5.75 Å². The number of benzene rings is 3. The van der Waals surface area contributed by atoms with Crippen LogP contribution in [0.1, 0.15) is 92.4 Å². The first-order chi connectivity index (χ1) is 24.6. The highest BCUT2D eigenvalue weighted by atomic mass is 35.5. The SMILES string of the molecule is CCCCCCCC(CCCC)OC(=O)N(C(=O)C(Cl)(Sc1nnnn1-c1cccc(C(=O)O)c1)C(=O)c1ccc(OC)cc1)c1ccccc1. The van der Waals surface area contributed by atoms with Crippen molar-refractivity contribution in [1.82, 2.24) is 20.2 Å². The molecule has 0 aliphatic carbocycles. The third-order valence-electron chi connectivity index (χ3n) is 8.11. The van der Waals surface area contributed by atoms with Crippen LogP contribution in [0.4, 0.5) is 10.5 Å². The number of methoxy groups -OCH3 is 1. The lowest BCUT2D eigenvalue weighted by atomic mass is 10.0. The normalized spacial score (nSPS) is 12.8. The van der Waals surface area contributed by atoms with Crippen LogP contribution in [0.3, 0.4) is 0 Å². The Balaban J connectivity index is 1.77. The molecule has 2 unspecified atom stereocenters. The summed E-state index contributed by atoms with van der Waals surface area (Å²) in [5.41, 5.74) is 0.393. The lowest BCUT2D eigenvalue weighted by Crippen LogP contribution is -2.52. The molecule has 0 bridgehead atoms. The monoisotopic (exact) mass is 735 g/mol. The van der Waals surface area contributed by atoms with Crippen LogP contribution in [-0.2, 0) is 9.53 Å². The van der Waals surface area contributed by atoms with Gasteiger partial charge in [-0.05, 0) is 96.0 Å². The minimum absolute atomic E-state index is 0.0394. The summed E-state index contributed by atoms with van der Waals surface area (Å²) < 4.78 is 9.89. The Bertz CT molecular complexity index is 1770. The third kappa shape index (κ3) is 10.2. The highest BCUT2D eigenvalue weighted by molar-refractivity contribution is 8.03. The summed E-state index contributed by atoms with van der Waals surface area (Å²) in [5, 5.41) is 21.2. The molecule has 2 amide bonds. The number of halogens is 1. The van der Waals surface area contributed by atoms with E-state index in [0.29, 0.717) is 30.4 Å². The Morgan fingerprint density at radius 3 is 2.24 bits per heavy atom. The van der Waals surface area contributed by atoms with Crippen molar-refractivity contribution < 1.29 is 33.8 Å². The lowest BCUT2D eigenvalue weighted by molar-refractivity contribution is -0.117. The maximum Gasteiger partial charge on any atom is 0.421 e. The van der Waals surface area contributed by atoms with E-state index in [9.17, 15) is 24.3 Å². The van der Waals surface area contributed by atoms with Crippen LogP contribution in [0.15, 0.2) is 84.0 Å². The van der Waals surface area contributed by atoms with Gasteiger partial charge in [-0.3, -0.25) is 9.59 Å². The number of tetrazole rings is 1. The minimum atomic E-state index is -2.56. The van der Waals surface area contributed by atoms with Gasteiger partial charge in [0.1, 0.15) is 11.9 Å². The van der Waals surface area contributed by atoms with Crippen LogP contribution in [0.2, 0.25) is 0 Å². The van der Waals surface area contributed by atoms with E-state index in [1.54, 1.807) is 48.5 Å². The van der Waals surface area contributed by atoms with Gasteiger partial charge in [0.2, 0.25) is 15.1 Å². The molecule has 4 rings (SSSR count). The Morgan fingerprint density at radius 2 is 1.57 bits per heavy atom. The molecule has 0 aliphatic rings. The van der Waals surface area contributed by atoms with Gasteiger partial charge in [0.05, 0.1) is 24.0 Å². The number of carbonyl (C=O) groups excluding carboxylic acids is 3. The minimum Gasteiger partial charge on any atom is -0.497 e. The van der Waals surface area contributed by atoms with Crippen molar-refractivity contribution in [2.75, 3.05) is 12.0 Å². The predicted octanol–water partition coefficient (Wildman–Crippen LogP) is 8.37. The molecule has 0 saturated heterocycles. The van der Waals surface area contributed by atoms with Crippen molar-refractivity contribution in [3.8, 4) is 11.4 Å². The number of imide groups is 1. The maximum absolute atomic E-state index is 14.9. The van der Waals surface area contributed by atoms with Gasteiger partial charge in [-0.1, -0.05) is 88.2 Å². The zero-order valence-corrected chi connectivity index (χ0v) is 30.4. The highest BCUT2D eigenvalue weighted by Gasteiger charge is 2.52. The number of Topliss-reactive ketones (excluding diaryl/α,β-unsaturated/α-hetero) is 1. The van der Waals surface area contributed by atoms with Gasteiger partial charge < -0.3 is 14.6 Å². The number of alkyl halides is 1. The molecule has 4 aromatic rings. The van der Waals surface area contributed by atoms with E-state index in [0.717, 1.165) is 54.5 Å². The van der Waals surface area contributed by atoms with Crippen molar-refractivity contribution in [3.63, 3.8) is 0 Å². The topological polar surface area (TPSA) is 154 Å². The smallest absolute Gasteiger partial charge is 0.421 e. The molecule has 1 N–H and O–H groups in total. The van der Waals surface area contributed by atoms with E-state index < -0.39 is 34.1 Å². The number of hydrogen-bond acceptors (Lipinski definition) is 10. The Morgan fingerprint density at radius 1 is 0.882 bits per heavy atom. The van der Waals surface area contributed by atoms with Gasteiger partial charge in [-0.25, -0.2) is 14.5 Å². The maximum atomic E-state index is 14.9. The van der Waals surface area contributed by atoms with E-state index >= 15 is 0 Å². The molecule has 0 saturated carbocycles. The molecule has 1 aromatic heterocycles. The quantitative estimate of drug-likeness (QED) is 0.0325. The number of carboxylic acid groups (broad SMARTS) is 1. The largest absolute Gasteiger partial charge is 0.497 e. The van der Waals surface area contributed by atoms with Crippen LogP contribution in [0, 0.1) is 0 Å². The van der Waals surface area contributed by atoms with Gasteiger partial charge in [0.15, 0.2) is 0 Å². The average Bonchev–Trinajstić information content (AvgIpc) is 3.61. The Hall–Kier alpha value is -4.75. The van der Waals surface area contributed by atoms with E-state index in [-0.39, 0.29) is 27.7 Å². The van der Waals surface area contributed by atoms with E-state index in [2.05, 4.69) is 29.4 Å². The van der Waals surface area contributed by atoms with E-state index in [4.69, 9.17) is 21.1 Å². The molecule has 0 radical (unpaired) electrons. The molecule has 51 heavy (non-hydrogen) atoms. The third-order valence-corrected chi connectivity index (χ3v) is 9.75. The van der Waals surface area contributed by atoms with Crippen molar-refractivity contribution in [2.45, 2.75) is 87.1 Å². The number of carbonyl (C=O) groups is 4. The highest BCUT2D eigenvalue weighted by Crippen LogP contribution is 2.42. The number of aromatic nitrogens is 4. The van der Waals surface area contributed by atoms with Crippen molar-refractivity contribution in [3.05, 3.63) is 90.0 Å². The van der Waals surface area contributed by atoms with Crippen LogP contribution in [-0.4, -0.2) is 66.5 Å². The lowest BCUT2D eigenvalue weighted by Gasteiger charge is -2.30. The van der Waals surface area contributed by atoms with Crippen LogP contribution >= 0.6 is 23.4 Å². The summed E-state index contributed by atoms with van der Waals surface area (Å²) in [7, 11) is 1.48. The number of para-hydroxylation sites is 1. The molecule has 1 heterocycles. The molecule has 0 aliphatic heterocycles. The second-order valence-corrected chi connectivity index (χ2v) is 13.8. The molecule has 3 aromatic carbocycles. The number of ketones is 1. The number of carboxylic acids is 1. The number of unbranched alkanes of at least 4 members (excludes halogenated alkanes) is 5. The second-order valence-electron chi connectivity index (χ2n) is 11.8. The molecule has 12 nitrogen and oxygen atoms in total. The number of hydrogen-bond donors (Lipinski definition) is 1. The fraction of sp³-hybridized carbons (Fsp3) is 0.378. The summed E-state index contributed by atoms with van der Waals surface area (Å²) in [6, 6.07) is 19.9. The number of anilines is 1. The summed E-state index contributed by atoms with van der Waals surface area (Å²) in [5.74, 6) is -2.67. The number of ether oxygens (including phenoxy) is 2. The number of amides is 2. The molecule has 2 atom stereocenters. The van der Waals surface area contributed by atoms with Crippen LogP contribution in [0.25, 0.3) is 5.69 Å². The number of aromatic carboxylic acids is 1. The Kier molecular flexibility index (Phi) is 14.6. The van der Waals surface area contributed by atoms with E-state index in [1.807, 2.05) is 0 Å². The van der Waals surface area contributed by atoms with E-state index in [1.165, 1.54) is 37.4 Å². The predicted molar refractivity (Wildman–Crippen MR) is 195 cm³/mol. The second kappa shape index (κ2) is 19.0. The summed E-state index contributed by atoms with van der Waals surface area (Å²) in [4.78, 5) is 55.9. The molecule has 0 spiro atoms. The molecule has 270 valence electrons. The molecule has 0 fully saturated rings. The van der Waals surface area contributed by atoms with Crippen molar-refractivity contribution >= 4 is 52.8 Å². The average molecular weight is 736 g/mol. The zero-order valence-electron chi connectivity index (χ0n) is 28.9. The van der Waals surface area contributed by atoms with Crippen LogP contribution < -0.4 is 9.64 Å². The fourth-order valence-electron chi connectivity index (χ4n) is 5.31.